The summed E-state index contributed by atoms with van der Waals surface area (Å²) in [6.45, 7) is 7.59. The maximum Gasteiger partial charge on any atom is 0.246 e. The number of hydrogen-bond donors (Lipinski definition) is 3. The Hall–Kier alpha value is -1.61. The Bertz CT molecular complexity index is 594. The van der Waals surface area contributed by atoms with Crippen LogP contribution in [0.15, 0.2) is 11.1 Å². The zero-order valence-corrected chi connectivity index (χ0v) is 13.6. The van der Waals surface area contributed by atoms with E-state index in [9.17, 15) is 13.2 Å². The molecular formula is C12H23N5O3S. The molecule has 1 rings (SSSR count). The van der Waals surface area contributed by atoms with E-state index in [1.165, 1.54) is 17.8 Å². The number of hydrogen-bond acceptors (Lipinski definition) is 5. The summed E-state index contributed by atoms with van der Waals surface area (Å²) in [6, 6.07) is -0.965. The van der Waals surface area contributed by atoms with Crippen LogP contribution in [0.2, 0.25) is 0 Å². The molecule has 0 aromatic carbocycles. The second-order valence-corrected chi connectivity index (χ2v) is 6.83. The van der Waals surface area contributed by atoms with Crippen LogP contribution in [0, 0.1) is 0 Å². The summed E-state index contributed by atoms with van der Waals surface area (Å²) in [5.74, 6) is -0.472. The molecule has 0 saturated carbocycles. The number of amides is 1. The molecule has 1 aromatic rings. The summed E-state index contributed by atoms with van der Waals surface area (Å²) in [4.78, 5) is 11.7. The Labute approximate surface area is 125 Å². The molecule has 0 aliphatic heterocycles. The predicted molar refractivity (Wildman–Crippen MR) is 80.0 cm³/mol. The molecule has 4 N–H and O–H groups in total. The normalized spacial score (nSPS) is 13.4. The fourth-order valence-electron chi connectivity index (χ4n) is 1.73. The maximum absolute atomic E-state index is 12.2. The van der Waals surface area contributed by atoms with Gasteiger partial charge < -0.3 is 11.1 Å². The molecule has 0 aliphatic rings. The first-order valence-corrected chi connectivity index (χ1v) is 8.31. The van der Waals surface area contributed by atoms with Gasteiger partial charge in [-0.3, -0.25) is 9.48 Å². The molecule has 1 amide bonds. The molecule has 0 radical (unpaired) electrons. The summed E-state index contributed by atoms with van der Waals surface area (Å²) in [5.41, 5.74) is 5.64. The zero-order chi connectivity index (χ0) is 16.2. The number of carbonyl (C=O) groups excluding carboxylic acids is 1. The Balaban J connectivity index is 2.88. The average Bonchev–Trinajstić information content (AvgIpc) is 2.70. The number of nitrogens with zero attached hydrogens (tertiary/aromatic N) is 2. The van der Waals surface area contributed by atoms with Crippen LogP contribution in [0.1, 0.15) is 34.1 Å². The Morgan fingerprint density at radius 2 is 2.05 bits per heavy atom. The number of nitrogens with one attached hydrogen (secondary N) is 2. The largest absolute Gasteiger partial charge is 0.381 e. The second kappa shape index (κ2) is 6.90. The van der Waals surface area contributed by atoms with Crippen LogP contribution in [-0.2, 0) is 21.4 Å². The first kappa shape index (κ1) is 17.4. The number of carbonyl (C=O) groups is 1. The fourth-order valence-corrected chi connectivity index (χ4v) is 3.00. The minimum absolute atomic E-state index is 0.0678. The molecule has 0 fully saturated rings. The summed E-state index contributed by atoms with van der Waals surface area (Å²) >= 11 is 0. The lowest BCUT2D eigenvalue weighted by Crippen LogP contribution is -2.46. The van der Waals surface area contributed by atoms with E-state index in [1.807, 2.05) is 6.92 Å². The number of rotatable bonds is 7. The molecule has 1 atom stereocenters. The Morgan fingerprint density at radius 1 is 1.43 bits per heavy atom. The van der Waals surface area contributed by atoms with Crippen LogP contribution in [0.5, 0.6) is 0 Å². The van der Waals surface area contributed by atoms with E-state index in [1.54, 1.807) is 13.8 Å². The fraction of sp³-hybridized carbons (Fsp3) is 0.667. The predicted octanol–water partition coefficient (Wildman–Crippen LogP) is 0.0667. The lowest BCUT2D eigenvalue weighted by molar-refractivity contribution is -0.122. The van der Waals surface area contributed by atoms with E-state index < -0.39 is 22.0 Å². The van der Waals surface area contributed by atoms with Gasteiger partial charge in [-0.1, -0.05) is 6.92 Å². The van der Waals surface area contributed by atoms with Crippen molar-refractivity contribution in [2.45, 2.75) is 57.6 Å². The minimum atomic E-state index is -3.89. The number of aryl methyl sites for hydroxylation is 1. The van der Waals surface area contributed by atoms with Gasteiger partial charge in [0.05, 0.1) is 6.04 Å². The number of nitrogen functional groups attached to an aromatic ring is 1. The van der Waals surface area contributed by atoms with Gasteiger partial charge in [-0.2, -0.15) is 9.82 Å². The lowest BCUT2D eigenvalue weighted by Gasteiger charge is -2.15. The van der Waals surface area contributed by atoms with Crippen molar-refractivity contribution in [3.63, 3.8) is 0 Å². The van der Waals surface area contributed by atoms with Gasteiger partial charge in [0.15, 0.2) is 5.82 Å². The van der Waals surface area contributed by atoms with E-state index in [2.05, 4.69) is 15.1 Å². The Morgan fingerprint density at radius 3 is 2.57 bits per heavy atom. The van der Waals surface area contributed by atoms with Gasteiger partial charge in [-0.05, 0) is 27.2 Å². The average molecular weight is 317 g/mol. The van der Waals surface area contributed by atoms with Crippen molar-refractivity contribution in [2.75, 3.05) is 5.73 Å². The monoisotopic (exact) mass is 317 g/mol. The highest BCUT2D eigenvalue weighted by atomic mass is 32.2. The van der Waals surface area contributed by atoms with Gasteiger partial charge in [0, 0.05) is 18.8 Å². The van der Waals surface area contributed by atoms with Gasteiger partial charge in [0.1, 0.15) is 4.90 Å². The van der Waals surface area contributed by atoms with E-state index in [0.29, 0.717) is 6.54 Å². The van der Waals surface area contributed by atoms with Crippen LogP contribution in [0.3, 0.4) is 0 Å². The van der Waals surface area contributed by atoms with Gasteiger partial charge in [0.25, 0.3) is 0 Å². The summed E-state index contributed by atoms with van der Waals surface area (Å²) in [6.07, 6.45) is 2.18. The molecule has 9 heteroatoms. The van der Waals surface area contributed by atoms with Crippen molar-refractivity contribution in [3.8, 4) is 0 Å². The lowest BCUT2D eigenvalue weighted by atomic mass is 10.3. The number of aromatic nitrogens is 2. The minimum Gasteiger partial charge on any atom is -0.381 e. The molecule has 0 bridgehead atoms. The second-order valence-electron chi connectivity index (χ2n) is 5.15. The first-order chi connectivity index (χ1) is 9.67. The standard InChI is InChI=1S/C12H23N5O3S/c1-5-6-17-7-10(11(13)15-17)21(19,20)16-9(4)12(18)14-8(2)3/h7-9,16H,5-6H2,1-4H3,(H2,13,15)(H,14,18). The highest BCUT2D eigenvalue weighted by molar-refractivity contribution is 7.89. The van der Waals surface area contributed by atoms with E-state index in [-0.39, 0.29) is 16.8 Å². The van der Waals surface area contributed by atoms with Crippen molar-refractivity contribution in [3.05, 3.63) is 6.20 Å². The molecule has 1 heterocycles. The number of sulfonamides is 1. The van der Waals surface area contributed by atoms with Crippen LogP contribution in [0.25, 0.3) is 0 Å². The van der Waals surface area contributed by atoms with Gasteiger partial charge in [-0.25, -0.2) is 8.42 Å². The summed E-state index contributed by atoms with van der Waals surface area (Å²) < 4.78 is 28.3. The third kappa shape index (κ3) is 4.71. The van der Waals surface area contributed by atoms with E-state index in [0.717, 1.165) is 6.42 Å². The number of anilines is 1. The maximum atomic E-state index is 12.2. The van der Waals surface area contributed by atoms with Gasteiger partial charge in [-0.15, -0.1) is 0 Å². The van der Waals surface area contributed by atoms with Gasteiger partial charge in [0.2, 0.25) is 15.9 Å². The van der Waals surface area contributed by atoms with Crippen molar-refractivity contribution in [1.29, 1.82) is 0 Å². The van der Waals surface area contributed by atoms with E-state index >= 15 is 0 Å². The molecule has 21 heavy (non-hydrogen) atoms. The third-order valence-corrected chi connectivity index (χ3v) is 4.21. The van der Waals surface area contributed by atoms with E-state index in [4.69, 9.17) is 5.73 Å². The molecule has 1 aromatic heterocycles. The third-order valence-electron chi connectivity index (χ3n) is 2.65. The van der Waals surface area contributed by atoms with Crippen LogP contribution in [0.4, 0.5) is 5.82 Å². The van der Waals surface area contributed by atoms with Crippen molar-refractivity contribution in [1.82, 2.24) is 19.8 Å². The molecule has 0 spiro atoms. The zero-order valence-electron chi connectivity index (χ0n) is 12.8. The highest BCUT2D eigenvalue weighted by Crippen LogP contribution is 2.16. The molecule has 8 nitrogen and oxygen atoms in total. The number of nitrogens with two attached hydrogens (primary N) is 1. The molecule has 120 valence electrons. The first-order valence-electron chi connectivity index (χ1n) is 6.83. The van der Waals surface area contributed by atoms with Crippen molar-refractivity contribution >= 4 is 21.7 Å². The quantitative estimate of drug-likeness (QED) is 0.657. The summed E-state index contributed by atoms with van der Waals surface area (Å²) in [5, 5.41) is 6.58. The molecule has 1 unspecified atom stereocenters. The van der Waals surface area contributed by atoms with Crippen LogP contribution in [-0.4, -0.2) is 36.2 Å². The van der Waals surface area contributed by atoms with Crippen molar-refractivity contribution < 1.29 is 13.2 Å². The Kier molecular flexibility index (Phi) is 5.73. The van der Waals surface area contributed by atoms with Gasteiger partial charge >= 0.3 is 0 Å². The van der Waals surface area contributed by atoms with Crippen LogP contribution >= 0.6 is 0 Å². The molecule has 0 aliphatic carbocycles. The summed E-state index contributed by atoms with van der Waals surface area (Å²) in [7, 11) is -3.89. The smallest absolute Gasteiger partial charge is 0.246 e. The molecular weight excluding hydrogens is 294 g/mol. The highest BCUT2D eigenvalue weighted by Gasteiger charge is 2.26. The van der Waals surface area contributed by atoms with Crippen LogP contribution < -0.4 is 15.8 Å². The van der Waals surface area contributed by atoms with Crippen molar-refractivity contribution in [2.24, 2.45) is 0 Å². The topological polar surface area (TPSA) is 119 Å². The molecule has 0 saturated heterocycles. The SMILES string of the molecule is CCCn1cc(S(=O)(=O)NC(C)C(=O)NC(C)C)c(N)n1.